The summed E-state index contributed by atoms with van der Waals surface area (Å²) in [4.78, 5) is 18.8. The van der Waals surface area contributed by atoms with Crippen molar-refractivity contribution in [1.29, 1.82) is 0 Å². The van der Waals surface area contributed by atoms with Gasteiger partial charge in [-0.15, -0.1) is 0 Å². The van der Waals surface area contributed by atoms with Crippen molar-refractivity contribution in [3.8, 4) is 0 Å². The van der Waals surface area contributed by atoms with Crippen LogP contribution in [0.3, 0.4) is 0 Å². The number of carbonyl (C=O) groups excluding carboxylic acids is 1. The zero-order valence-corrected chi connectivity index (χ0v) is 14.2. The van der Waals surface area contributed by atoms with Crippen molar-refractivity contribution in [2.45, 2.75) is 58.4 Å². The molecule has 0 spiro atoms. The third-order valence-electron chi connectivity index (χ3n) is 3.77. The minimum atomic E-state index is -2.63. The Morgan fingerprint density at radius 2 is 1.96 bits per heavy atom. The molecule has 1 aromatic rings. The Hall–Kier alpha value is -1.72. The van der Waals surface area contributed by atoms with Gasteiger partial charge in [0.25, 0.3) is 5.91 Å². The monoisotopic (exact) mass is 325 g/mol. The molecular formula is C17H25F2N3O. The first-order valence-corrected chi connectivity index (χ1v) is 8.00. The van der Waals surface area contributed by atoms with E-state index >= 15 is 0 Å². The summed E-state index contributed by atoms with van der Waals surface area (Å²) >= 11 is 0. The molecule has 1 fully saturated rings. The average molecular weight is 325 g/mol. The number of hydrogen-bond donors (Lipinski definition) is 1. The predicted octanol–water partition coefficient (Wildman–Crippen LogP) is 3.54. The summed E-state index contributed by atoms with van der Waals surface area (Å²) in [6.07, 6.45) is 0.0741. The van der Waals surface area contributed by atoms with Crippen LogP contribution in [0.1, 0.15) is 56.1 Å². The first-order chi connectivity index (χ1) is 10.6. The second-order valence-corrected chi connectivity index (χ2v) is 7.22. The largest absolute Gasteiger partial charge is 0.356 e. The fraction of sp³-hybridized carbons (Fsp3) is 0.647. The number of nitrogens with zero attached hydrogens (tertiary/aromatic N) is 2. The van der Waals surface area contributed by atoms with E-state index in [-0.39, 0.29) is 30.8 Å². The third kappa shape index (κ3) is 4.88. The molecule has 128 valence electrons. The number of pyridine rings is 1. The normalized spacial score (nSPS) is 18.4. The molecule has 23 heavy (non-hydrogen) atoms. The highest BCUT2D eigenvalue weighted by Gasteiger charge is 2.33. The topological polar surface area (TPSA) is 45.2 Å². The summed E-state index contributed by atoms with van der Waals surface area (Å²) in [7, 11) is 0. The van der Waals surface area contributed by atoms with Crippen molar-refractivity contribution in [3.63, 3.8) is 0 Å². The van der Waals surface area contributed by atoms with Gasteiger partial charge in [-0.25, -0.2) is 13.8 Å². The number of amides is 1. The summed E-state index contributed by atoms with van der Waals surface area (Å²) < 4.78 is 27.2. The van der Waals surface area contributed by atoms with Gasteiger partial charge in [0.1, 0.15) is 5.82 Å². The molecule has 0 radical (unpaired) electrons. The van der Waals surface area contributed by atoms with Gasteiger partial charge in [0.05, 0.1) is 5.56 Å². The zero-order valence-electron chi connectivity index (χ0n) is 14.2. The van der Waals surface area contributed by atoms with Crippen LogP contribution in [0.25, 0.3) is 0 Å². The van der Waals surface area contributed by atoms with Crippen LogP contribution in [-0.4, -0.2) is 35.4 Å². The fourth-order valence-electron chi connectivity index (χ4n) is 2.64. The predicted molar refractivity (Wildman–Crippen MR) is 87.2 cm³/mol. The second kappa shape index (κ2) is 6.42. The van der Waals surface area contributed by atoms with Crippen LogP contribution in [0.15, 0.2) is 12.1 Å². The molecule has 2 heterocycles. The molecule has 0 unspecified atom stereocenters. The van der Waals surface area contributed by atoms with Crippen molar-refractivity contribution < 1.29 is 13.6 Å². The molecule has 1 aromatic heterocycles. The summed E-state index contributed by atoms with van der Waals surface area (Å²) in [5, 5.41) is 2.91. The van der Waals surface area contributed by atoms with Gasteiger partial charge in [0, 0.05) is 37.2 Å². The number of rotatable bonds is 2. The van der Waals surface area contributed by atoms with Gasteiger partial charge >= 0.3 is 0 Å². The van der Waals surface area contributed by atoms with E-state index in [2.05, 4.69) is 10.3 Å². The Balaban J connectivity index is 2.30. The third-order valence-corrected chi connectivity index (χ3v) is 3.77. The maximum atomic E-state index is 13.6. The van der Waals surface area contributed by atoms with Crippen molar-refractivity contribution in [3.05, 3.63) is 23.4 Å². The molecule has 1 aliphatic heterocycles. The first kappa shape index (κ1) is 17.6. The minimum absolute atomic E-state index is 0.112. The maximum absolute atomic E-state index is 13.6. The Bertz CT molecular complexity index is 582. The van der Waals surface area contributed by atoms with Crippen molar-refractivity contribution in [2.75, 3.05) is 18.0 Å². The van der Waals surface area contributed by atoms with E-state index in [0.29, 0.717) is 24.3 Å². The van der Waals surface area contributed by atoms with Gasteiger partial charge in [0.15, 0.2) is 0 Å². The van der Waals surface area contributed by atoms with E-state index in [9.17, 15) is 13.6 Å². The smallest absolute Gasteiger partial charge is 0.255 e. The minimum Gasteiger partial charge on any atom is -0.356 e. The number of aryl methyl sites for hydroxylation is 1. The Labute approximate surface area is 136 Å². The molecule has 1 saturated heterocycles. The number of alkyl halides is 2. The highest BCUT2D eigenvalue weighted by Crippen LogP contribution is 2.30. The van der Waals surface area contributed by atoms with Crippen molar-refractivity contribution in [1.82, 2.24) is 10.3 Å². The summed E-state index contributed by atoms with van der Waals surface area (Å²) in [6, 6.07) is 3.50. The average Bonchev–Trinajstić information content (AvgIpc) is 2.57. The fourth-order valence-corrected chi connectivity index (χ4v) is 2.64. The molecule has 0 atom stereocenters. The molecule has 0 aromatic carbocycles. The lowest BCUT2D eigenvalue weighted by atomic mass is 10.1. The molecule has 0 aliphatic carbocycles. The van der Waals surface area contributed by atoms with Gasteiger partial charge in [-0.05, 0) is 46.2 Å². The number of halogens is 2. The van der Waals surface area contributed by atoms with Gasteiger partial charge in [0.2, 0.25) is 5.92 Å². The summed E-state index contributed by atoms with van der Waals surface area (Å²) in [5.74, 6) is -2.35. The van der Waals surface area contributed by atoms with Gasteiger partial charge in [-0.2, -0.15) is 0 Å². The van der Waals surface area contributed by atoms with Crippen molar-refractivity contribution >= 4 is 11.7 Å². The van der Waals surface area contributed by atoms with E-state index in [1.165, 1.54) is 0 Å². The summed E-state index contributed by atoms with van der Waals surface area (Å²) in [6.45, 7) is 8.23. The Morgan fingerprint density at radius 3 is 2.61 bits per heavy atom. The molecule has 0 saturated carbocycles. The van der Waals surface area contributed by atoms with E-state index in [1.54, 1.807) is 12.1 Å². The van der Waals surface area contributed by atoms with Crippen LogP contribution in [0.2, 0.25) is 0 Å². The molecule has 2 rings (SSSR count). The van der Waals surface area contributed by atoms with Crippen LogP contribution in [0.4, 0.5) is 14.6 Å². The van der Waals surface area contributed by atoms with E-state index < -0.39 is 5.92 Å². The Kier molecular flexibility index (Phi) is 4.92. The first-order valence-electron chi connectivity index (χ1n) is 8.00. The quantitative estimate of drug-likeness (QED) is 0.904. The zero-order chi connectivity index (χ0) is 17.3. The molecular weight excluding hydrogens is 300 g/mol. The highest BCUT2D eigenvalue weighted by atomic mass is 19.3. The highest BCUT2D eigenvalue weighted by molar-refractivity contribution is 5.99. The number of carbonyl (C=O) groups is 1. The second-order valence-electron chi connectivity index (χ2n) is 7.22. The van der Waals surface area contributed by atoms with Crippen LogP contribution >= 0.6 is 0 Å². The van der Waals surface area contributed by atoms with Gasteiger partial charge in [-0.3, -0.25) is 4.79 Å². The summed E-state index contributed by atoms with van der Waals surface area (Å²) in [5.41, 5.74) is 0.837. The molecule has 0 bridgehead atoms. The molecule has 1 N–H and O–H groups in total. The maximum Gasteiger partial charge on any atom is 0.255 e. The van der Waals surface area contributed by atoms with Crippen LogP contribution in [0, 0.1) is 6.92 Å². The number of anilines is 1. The number of aromatic nitrogens is 1. The van der Waals surface area contributed by atoms with Crippen molar-refractivity contribution in [2.24, 2.45) is 0 Å². The standard InChI is InChI=1S/C17H25F2N3O/c1-12-6-7-13(15(23)21-16(2,3)4)14(20-12)22-10-5-8-17(18,19)9-11-22/h6-7H,5,8-11H2,1-4H3,(H,21,23). The van der Waals surface area contributed by atoms with Crippen LogP contribution in [0.5, 0.6) is 0 Å². The lowest BCUT2D eigenvalue weighted by Gasteiger charge is -2.26. The molecule has 1 amide bonds. The van der Waals surface area contributed by atoms with E-state index in [0.717, 1.165) is 5.69 Å². The lowest BCUT2D eigenvalue weighted by Crippen LogP contribution is -2.41. The molecule has 1 aliphatic rings. The number of nitrogens with one attached hydrogen (secondary N) is 1. The molecule has 4 nitrogen and oxygen atoms in total. The Morgan fingerprint density at radius 1 is 1.26 bits per heavy atom. The molecule has 6 heteroatoms. The van der Waals surface area contributed by atoms with Crippen LogP contribution in [-0.2, 0) is 0 Å². The van der Waals surface area contributed by atoms with Gasteiger partial charge < -0.3 is 10.2 Å². The van der Waals surface area contributed by atoms with E-state index in [1.807, 2.05) is 32.6 Å². The SMILES string of the molecule is Cc1ccc(C(=O)NC(C)(C)C)c(N2CCCC(F)(F)CC2)n1. The van der Waals surface area contributed by atoms with Gasteiger partial charge in [-0.1, -0.05) is 0 Å². The number of hydrogen-bond acceptors (Lipinski definition) is 3. The van der Waals surface area contributed by atoms with E-state index in [4.69, 9.17) is 0 Å². The lowest BCUT2D eigenvalue weighted by molar-refractivity contribution is -0.0102. The van der Waals surface area contributed by atoms with Crippen LogP contribution < -0.4 is 10.2 Å².